The molecule has 1 amide bonds. The van der Waals surface area contributed by atoms with Crippen LogP contribution in [0.25, 0.3) is 0 Å². The van der Waals surface area contributed by atoms with Gasteiger partial charge in [0.1, 0.15) is 5.69 Å². The molecule has 4 saturated carbocycles. The number of carbonyl (C=O) groups excluding carboxylic acids is 2. The van der Waals surface area contributed by atoms with Gasteiger partial charge in [-0.2, -0.15) is 0 Å². The molecule has 4 aliphatic carbocycles. The third kappa shape index (κ3) is 3.80. The number of nitro benzene ring substituents is 1. The molecule has 0 heterocycles. The minimum Gasteiger partial charge on any atom is -0.449 e. The van der Waals surface area contributed by atoms with Crippen LogP contribution in [0.15, 0.2) is 18.2 Å². The maximum atomic E-state index is 12.8. The molecule has 0 spiro atoms. The van der Waals surface area contributed by atoms with Crippen LogP contribution in [0.1, 0.15) is 55.8 Å². The van der Waals surface area contributed by atoms with E-state index in [9.17, 15) is 19.7 Å². The summed E-state index contributed by atoms with van der Waals surface area (Å²) in [7, 11) is 1.57. The molecule has 29 heavy (non-hydrogen) atoms. The summed E-state index contributed by atoms with van der Waals surface area (Å²) >= 11 is 0. The second kappa shape index (κ2) is 7.31. The molecule has 8 heteroatoms. The Bertz CT molecular complexity index is 817. The average molecular weight is 401 g/mol. The van der Waals surface area contributed by atoms with E-state index >= 15 is 0 Å². The second-order valence-electron chi connectivity index (χ2n) is 8.97. The molecule has 1 aromatic rings. The number of nitro groups is 1. The monoisotopic (exact) mass is 401 g/mol. The molecule has 0 radical (unpaired) electrons. The molecular weight excluding hydrogens is 374 g/mol. The molecule has 2 N–H and O–H groups in total. The van der Waals surface area contributed by atoms with Crippen LogP contribution in [0.3, 0.4) is 0 Å². The van der Waals surface area contributed by atoms with E-state index in [1.165, 1.54) is 31.4 Å². The van der Waals surface area contributed by atoms with Crippen molar-refractivity contribution in [1.82, 2.24) is 5.32 Å². The quantitative estimate of drug-likeness (QED) is 0.430. The van der Waals surface area contributed by atoms with Crippen molar-refractivity contribution in [2.45, 2.75) is 57.1 Å². The summed E-state index contributed by atoms with van der Waals surface area (Å²) in [6, 6.07) is 4.07. The van der Waals surface area contributed by atoms with Crippen molar-refractivity contribution in [3.05, 3.63) is 33.9 Å². The van der Waals surface area contributed by atoms with Crippen molar-refractivity contribution >= 4 is 23.3 Å². The van der Waals surface area contributed by atoms with Crippen LogP contribution >= 0.6 is 0 Å². The Morgan fingerprint density at radius 1 is 1.17 bits per heavy atom. The smallest absolute Gasteiger partial charge is 0.339 e. The molecule has 8 nitrogen and oxygen atoms in total. The topological polar surface area (TPSA) is 111 Å². The first-order valence-electron chi connectivity index (χ1n) is 10.3. The highest BCUT2D eigenvalue weighted by Gasteiger charge is 2.51. The summed E-state index contributed by atoms with van der Waals surface area (Å²) in [5.74, 6) is 1.06. The number of carbonyl (C=O) groups is 2. The maximum absolute atomic E-state index is 12.8. The molecule has 156 valence electrons. The van der Waals surface area contributed by atoms with Crippen molar-refractivity contribution < 1.29 is 19.2 Å². The average Bonchev–Trinajstić information content (AvgIpc) is 2.65. The SMILES string of the molecule is CNc1ccc(C(=O)O[C@@H](C)C(=O)NC23CC4CC(CC(C4)C2)C3)cc1[N+](=O)[O-]. The van der Waals surface area contributed by atoms with Crippen LogP contribution in [-0.4, -0.2) is 35.5 Å². The summed E-state index contributed by atoms with van der Waals surface area (Å²) in [4.78, 5) is 35.8. The summed E-state index contributed by atoms with van der Waals surface area (Å²) in [5, 5.41) is 17.1. The van der Waals surface area contributed by atoms with E-state index in [4.69, 9.17) is 4.74 Å². The molecule has 4 fully saturated rings. The van der Waals surface area contributed by atoms with Crippen molar-refractivity contribution in [3.8, 4) is 0 Å². The van der Waals surface area contributed by atoms with Crippen molar-refractivity contribution in [2.75, 3.05) is 12.4 Å². The molecule has 5 rings (SSSR count). The fourth-order valence-electron chi connectivity index (χ4n) is 5.93. The van der Waals surface area contributed by atoms with Gasteiger partial charge < -0.3 is 15.4 Å². The van der Waals surface area contributed by atoms with Gasteiger partial charge in [-0.3, -0.25) is 14.9 Å². The van der Waals surface area contributed by atoms with Gasteiger partial charge in [0.15, 0.2) is 6.10 Å². The Morgan fingerprint density at radius 3 is 2.28 bits per heavy atom. The van der Waals surface area contributed by atoms with E-state index in [0.29, 0.717) is 23.4 Å². The highest BCUT2D eigenvalue weighted by molar-refractivity contribution is 5.93. The van der Waals surface area contributed by atoms with E-state index in [-0.39, 0.29) is 22.7 Å². The zero-order valence-electron chi connectivity index (χ0n) is 16.8. The molecule has 0 saturated heterocycles. The van der Waals surface area contributed by atoms with Crippen LogP contribution in [0.2, 0.25) is 0 Å². The largest absolute Gasteiger partial charge is 0.449 e. The van der Waals surface area contributed by atoms with Crippen LogP contribution in [0, 0.1) is 27.9 Å². The second-order valence-corrected chi connectivity index (χ2v) is 8.97. The summed E-state index contributed by atoms with van der Waals surface area (Å²) in [6.45, 7) is 1.55. The van der Waals surface area contributed by atoms with E-state index in [0.717, 1.165) is 25.3 Å². The van der Waals surface area contributed by atoms with Gasteiger partial charge in [0.05, 0.1) is 10.5 Å². The van der Waals surface area contributed by atoms with Crippen LogP contribution in [0.4, 0.5) is 11.4 Å². The molecule has 1 aromatic carbocycles. The minimum atomic E-state index is -0.960. The predicted molar refractivity (Wildman–Crippen MR) is 107 cm³/mol. The van der Waals surface area contributed by atoms with E-state index < -0.39 is 17.0 Å². The van der Waals surface area contributed by atoms with Gasteiger partial charge in [0, 0.05) is 18.7 Å². The number of nitrogens with zero attached hydrogens (tertiary/aromatic N) is 1. The first-order chi connectivity index (χ1) is 13.8. The first kappa shape index (κ1) is 19.7. The highest BCUT2D eigenvalue weighted by atomic mass is 16.6. The van der Waals surface area contributed by atoms with Gasteiger partial charge in [-0.25, -0.2) is 4.79 Å². The Kier molecular flexibility index (Phi) is 4.96. The van der Waals surface area contributed by atoms with Crippen LogP contribution < -0.4 is 10.6 Å². The molecule has 4 aliphatic rings. The lowest BCUT2D eigenvalue weighted by atomic mass is 9.53. The third-order valence-corrected chi connectivity index (χ3v) is 6.78. The predicted octanol–water partition coefficient (Wildman–Crippen LogP) is 3.27. The van der Waals surface area contributed by atoms with Crippen LogP contribution in [0.5, 0.6) is 0 Å². The summed E-state index contributed by atoms with van der Waals surface area (Å²) in [6.07, 6.45) is 5.93. The van der Waals surface area contributed by atoms with Gasteiger partial charge >= 0.3 is 5.97 Å². The summed E-state index contributed by atoms with van der Waals surface area (Å²) < 4.78 is 5.33. The third-order valence-electron chi connectivity index (χ3n) is 6.78. The normalized spacial score (nSPS) is 30.5. The van der Waals surface area contributed by atoms with Crippen molar-refractivity contribution in [1.29, 1.82) is 0 Å². The van der Waals surface area contributed by atoms with Gasteiger partial charge in [0.2, 0.25) is 0 Å². The lowest BCUT2D eigenvalue weighted by Crippen LogP contribution is -2.61. The standard InChI is InChI=1S/C21H27N3O5/c1-12(29-20(26)16-3-4-17(22-2)18(8-16)24(27)28)19(25)23-21-9-13-5-14(10-21)7-15(6-13)11-21/h3-4,8,12-15,22H,5-7,9-11H2,1-2H3,(H,23,25)/t12-,13?,14?,15?,21?/m0/s1. The van der Waals surface area contributed by atoms with Crippen LogP contribution in [-0.2, 0) is 9.53 Å². The number of esters is 1. The molecule has 1 atom stereocenters. The van der Waals surface area contributed by atoms with E-state index in [1.54, 1.807) is 14.0 Å². The molecule has 0 aliphatic heterocycles. The van der Waals surface area contributed by atoms with E-state index in [1.807, 2.05) is 0 Å². The number of hydrogen-bond donors (Lipinski definition) is 2. The Morgan fingerprint density at radius 2 is 1.76 bits per heavy atom. The Balaban J connectivity index is 1.41. The number of anilines is 1. The lowest BCUT2D eigenvalue weighted by molar-refractivity contribution is -0.384. The number of ether oxygens (including phenoxy) is 1. The Hall–Kier alpha value is -2.64. The zero-order valence-corrected chi connectivity index (χ0v) is 16.8. The number of nitrogens with one attached hydrogen (secondary N) is 2. The fourth-order valence-corrected chi connectivity index (χ4v) is 5.93. The molecule has 4 bridgehead atoms. The Labute approximate surface area is 169 Å². The van der Waals surface area contributed by atoms with Crippen molar-refractivity contribution in [2.24, 2.45) is 17.8 Å². The first-order valence-corrected chi connectivity index (χ1v) is 10.3. The van der Waals surface area contributed by atoms with Gasteiger partial charge in [0.25, 0.3) is 11.6 Å². The fraction of sp³-hybridized carbons (Fsp3) is 0.619. The zero-order chi connectivity index (χ0) is 20.8. The molecule has 0 unspecified atom stereocenters. The van der Waals surface area contributed by atoms with Gasteiger partial charge in [-0.05, 0) is 75.3 Å². The summed E-state index contributed by atoms with van der Waals surface area (Å²) in [5.41, 5.74) is -0.0170. The number of hydrogen-bond acceptors (Lipinski definition) is 6. The molecular formula is C21H27N3O5. The van der Waals surface area contributed by atoms with Gasteiger partial charge in [-0.15, -0.1) is 0 Å². The van der Waals surface area contributed by atoms with Crippen molar-refractivity contribution in [3.63, 3.8) is 0 Å². The molecule has 0 aromatic heterocycles. The number of benzene rings is 1. The van der Waals surface area contributed by atoms with E-state index in [2.05, 4.69) is 10.6 Å². The maximum Gasteiger partial charge on any atom is 0.339 e. The number of rotatable bonds is 6. The van der Waals surface area contributed by atoms with Gasteiger partial charge in [-0.1, -0.05) is 0 Å². The highest BCUT2D eigenvalue weighted by Crippen LogP contribution is 2.55. The minimum absolute atomic E-state index is 0.0464. The number of amides is 1. The lowest BCUT2D eigenvalue weighted by Gasteiger charge is -2.57.